The first kappa shape index (κ1) is 14.3. The van der Waals surface area contributed by atoms with Crippen LogP contribution in [0.1, 0.15) is 32.3 Å². The summed E-state index contributed by atoms with van der Waals surface area (Å²) in [6.45, 7) is 3.75. The van der Waals surface area contributed by atoms with Gasteiger partial charge in [0.05, 0.1) is 0 Å². The Morgan fingerprint density at radius 1 is 1.29 bits per heavy atom. The number of benzene rings is 1. The molecule has 1 aromatic rings. The minimum Gasteiger partial charge on any atom is -0.462 e. The highest BCUT2D eigenvalue weighted by Gasteiger charge is 2.25. The van der Waals surface area contributed by atoms with Gasteiger partial charge in [0.15, 0.2) is 0 Å². The Balaban J connectivity index is 2.96. The van der Waals surface area contributed by atoms with Crippen LogP contribution in [0.15, 0.2) is 18.2 Å². The third kappa shape index (κ3) is 3.87. The van der Waals surface area contributed by atoms with Gasteiger partial charge < -0.3 is 14.9 Å². The molecule has 0 radical (unpaired) electrons. The van der Waals surface area contributed by atoms with Crippen LogP contribution in [0.5, 0.6) is 5.75 Å². The van der Waals surface area contributed by atoms with Gasteiger partial charge in [0.2, 0.25) is 5.79 Å². The Morgan fingerprint density at radius 2 is 1.94 bits per heavy atom. The number of hydrogen-bond donors (Lipinski definition) is 2. The fourth-order valence-electron chi connectivity index (χ4n) is 1.56. The monoisotopic (exact) mass is 258 g/mol. The van der Waals surface area contributed by atoms with Crippen LogP contribution < -0.4 is 4.74 Å². The predicted molar refractivity (Wildman–Crippen MR) is 68.4 cm³/mol. The lowest BCUT2D eigenvalue weighted by Crippen LogP contribution is -2.34. The van der Waals surface area contributed by atoms with Gasteiger partial charge in [-0.05, 0) is 30.2 Å². The largest absolute Gasteiger partial charge is 0.462 e. The van der Waals surface area contributed by atoms with Crippen molar-refractivity contribution in [2.45, 2.75) is 38.9 Å². The molecule has 1 aromatic carbocycles. The molecule has 2 N–H and O–H groups in total. The summed E-state index contributed by atoms with van der Waals surface area (Å²) in [5, 5.41) is 19.7. The van der Waals surface area contributed by atoms with Gasteiger partial charge in [-0.25, -0.2) is 0 Å². The third-order valence-electron chi connectivity index (χ3n) is 2.81. The van der Waals surface area contributed by atoms with E-state index < -0.39 is 5.79 Å². The van der Waals surface area contributed by atoms with E-state index in [-0.39, 0.29) is 6.61 Å². The molecule has 0 amide bonds. The fourth-order valence-corrected chi connectivity index (χ4v) is 1.76. The summed E-state index contributed by atoms with van der Waals surface area (Å²) in [5.74, 6) is -0.576. The molecule has 1 rings (SSSR count). The molecule has 0 saturated carbocycles. The fraction of sp³-hybridized carbons (Fsp3) is 0.538. The van der Waals surface area contributed by atoms with Crippen LogP contribution in [0.2, 0.25) is 5.02 Å². The number of rotatable bonds is 6. The van der Waals surface area contributed by atoms with Crippen LogP contribution in [-0.4, -0.2) is 22.6 Å². The van der Waals surface area contributed by atoms with Crippen molar-refractivity contribution in [3.8, 4) is 5.75 Å². The summed E-state index contributed by atoms with van der Waals surface area (Å²) in [4.78, 5) is 0. The van der Waals surface area contributed by atoms with E-state index in [9.17, 15) is 5.11 Å². The van der Waals surface area contributed by atoms with Crippen LogP contribution in [0.25, 0.3) is 0 Å². The quantitative estimate of drug-likeness (QED) is 0.772. The number of hydrogen-bond acceptors (Lipinski definition) is 3. The zero-order chi connectivity index (χ0) is 12.9. The molecule has 3 nitrogen and oxygen atoms in total. The SMILES string of the molecule is CCC(O)(CC)Oc1ccc(Cl)cc1CCO. The molecule has 0 bridgehead atoms. The summed E-state index contributed by atoms with van der Waals surface area (Å²) < 4.78 is 5.62. The summed E-state index contributed by atoms with van der Waals surface area (Å²) in [7, 11) is 0. The number of ether oxygens (including phenoxy) is 1. The van der Waals surface area contributed by atoms with Gasteiger partial charge in [0.25, 0.3) is 0 Å². The first-order chi connectivity index (χ1) is 8.04. The molecule has 0 aromatic heterocycles. The highest BCUT2D eigenvalue weighted by Crippen LogP contribution is 2.28. The molecule has 0 fully saturated rings. The second-order valence-corrected chi connectivity index (χ2v) is 4.42. The van der Waals surface area contributed by atoms with Crippen LogP contribution in [-0.2, 0) is 6.42 Å². The maximum absolute atomic E-state index is 10.1. The highest BCUT2D eigenvalue weighted by molar-refractivity contribution is 6.30. The van der Waals surface area contributed by atoms with Gasteiger partial charge in [0.1, 0.15) is 5.75 Å². The van der Waals surface area contributed by atoms with Gasteiger partial charge in [-0.3, -0.25) is 0 Å². The summed E-state index contributed by atoms with van der Waals surface area (Å²) in [6, 6.07) is 5.19. The van der Waals surface area contributed by atoms with Crippen molar-refractivity contribution in [3.63, 3.8) is 0 Å². The summed E-state index contributed by atoms with van der Waals surface area (Å²) >= 11 is 5.89. The molecular formula is C13H19ClO3. The number of aliphatic hydroxyl groups is 2. The van der Waals surface area contributed by atoms with Crippen molar-refractivity contribution >= 4 is 11.6 Å². The molecule has 4 heteroatoms. The maximum atomic E-state index is 10.1. The predicted octanol–water partition coefficient (Wildman–Crippen LogP) is 2.76. The van der Waals surface area contributed by atoms with Crippen LogP contribution >= 0.6 is 11.6 Å². The molecule has 0 aliphatic rings. The van der Waals surface area contributed by atoms with E-state index in [2.05, 4.69) is 0 Å². The Labute approximate surface area is 107 Å². The van der Waals surface area contributed by atoms with Crippen LogP contribution in [0, 0.1) is 0 Å². The summed E-state index contributed by atoms with van der Waals surface area (Å²) in [6.07, 6.45) is 1.47. The molecule has 17 heavy (non-hydrogen) atoms. The topological polar surface area (TPSA) is 49.7 Å². The first-order valence-electron chi connectivity index (χ1n) is 5.85. The molecular weight excluding hydrogens is 240 g/mol. The molecule has 96 valence electrons. The van der Waals surface area contributed by atoms with E-state index in [4.69, 9.17) is 21.4 Å². The maximum Gasteiger partial charge on any atom is 0.207 e. The normalized spacial score (nSPS) is 11.6. The van der Waals surface area contributed by atoms with Gasteiger partial charge >= 0.3 is 0 Å². The molecule has 0 spiro atoms. The van der Waals surface area contributed by atoms with Crippen molar-refractivity contribution in [2.75, 3.05) is 6.61 Å². The van der Waals surface area contributed by atoms with E-state index in [1.165, 1.54) is 0 Å². The van der Waals surface area contributed by atoms with Crippen molar-refractivity contribution in [1.29, 1.82) is 0 Å². The third-order valence-corrected chi connectivity index (χ3v) is 3.04. The van der Waals surface area contributed by atoms with Crippen molar-refractivity contribution in [3.05, 3.63) is 28.8 Å². The molecule has 0 aliphatic heterocycles. The van der Waals surface area contributed by atoms with Gasteiger partial charge in [-0.15, -0.1) is 0 Å². The van der Waals surface area contributed by atoms with Crippen molar-refractivity contribution in [1.82, 2.24) is 0 Å². The van der Waals surface area contributed by atoms with E-state index in [1.807, 2.05) is 13.8 Å². The van der Waals surface area contributed by atoms with Gasteiger partial charge in [-0.1, -0.05) is 25.4 Å². The van der Waals surface area contributed by atoms with Crippen molar-refractivity contribution in [2.24, 2.45) is 0 Å². The standard InChI is InChI=1S/C13H19ClO3/c1-3-13(16,4-2)17-12-6-5-11(14)9-10(12)7-8-15/h5-6,9,15-16H,3-4,7-8H2,1-2H3. The zero-order valence-corrected chi connectivity index (χ0v) is 11.0. The minimum atomic E-state index is -1.15. The van der Waals surface area contributed by atoms with E-state index in [1.54, 1.807) is 18.2 Å². The van der Waals surface area contributed by atoms with E-state index >= 15 is 0 Å². The van der Waals surface area contributed by atoms with E-state index in [0.29, 0.717) is 30.0 Å². The van der Waals surface area contributed by atoms with E-state index in [0.717, 1.165) is 5.56 Å². The van der Waals surface area contributed by atoms with Gasteiger partial charge in [0, 0.05) is 24.5 Å². The van der Waals surface area contributed by atoms with Gasteiger partial charge in [-0.2, -0.15) is 0 Å². The molecule has 0 aliphatic carbocycles. The zero-order valence-electron chi connectivity index (χ0n) is 10.2. The number of aliphatic hydroxyl groups excluding tert-OH is 1. The highest BCUT2D eigenvalue weighted by atomic mass is 35.5. The average Bonchev–Trinajstić information content (AvgIpc) is 2.33. The second kappa shape index (κ2) is 6.24. The Bertz CT molecular complexity index is 362. The van der Waals surface area contributed by atoms with Crippen LogP contribution in [0.3, 0.4) is 0 Å². The lowest BCUT2D eigenvalue weighted by atomic mass is 10.1. The first-order valence-corrected chi connectivity index (χ1v) is 6.23. The molecule has 0 atom stereocenters. The molecule has 0 heterocycles. The second-order valence-electron chi connectivity index (χ2n) is 3.98. The minimum absolute atomic E-state index is 0.0212. The lowest BCUT2D eigenvalue weighted by Gasteiger charge is -2.27. The molecule has 0 saturated heterocycles. The van der Waals surface area contributed by atoms with Crippen LogP contribution in [0.4, 0.5) is 0 Å². The summed E-state index contributed by atoms with van der Waals surface area (Å²) in [5.41, 5.74) is 0.806. The lowest BCUT2D eigenvalue weighted by molar-refractivity contribution is -0.141. The molecule has 0 unspecified atom stereocenters. The Hall–Kier alpha value is -0.770. The Kier molecular flexibility index (Phi) is 5.25. The smallest absolute Gasteiger partial charge is 0.207 e. The Morgan fingerprint density at radius 3 is 2.47 bits per heavy atom. The average molecular weight is 259 g/mol. The number of halogens is 1. The van der Waals surface area contributed by atoms with Crippen molar-refractivity contribution < 1.29 is 14.9 Å².